The summed E-state index contributed by atoms with van der Waals surface area (Å²) in [5.41, 5.74) is 0.667. The van der Waals surface area contributed by atoms with Gasteiger partial charge >= 0.3 is 5.97 Å². The second kappa shape index (κ2) is 7.64. The molecule has 0 saturated heterocycles. The zero-order valence-electron chi connectivity index (χ0n) is 12.7. The van der Waals surface area contributed by atoms with Crippen molar-refractivity contribution in [1.82, 2.24) is 5.16 Å². The van der Waals surface area contributed by atoms with Crippen LogP contribution in [0.3, 0.4) is 0 Å². The molecule has 1 amide bonds. The first-order valence-electron chi connectivity index (χ1n) is 6.84. The van der Waals surface area contributed by atoms with Crippen LogP contribution in [0.15, 0.2) is 28.8 Å². The molecule has 0 bridgehead atoms. The van der Waals surface area contributed by atoms with Crippen molar-refractivity contribution in [3.63, 3.8) is 0 Å². The number of hydrogen-bond acceptors (Lipinski definition) is 6. The molecule has 2 aromatic rings. The average Bonchev–Trinajstić information content (AvgIpc) is 2.94. The Morgan fingerprint density at radius 2 is 2.13 bits per heavy atom. The van der Waals surface area contributed by atoms with Crippen LogP contribution in [0.5, 0.6) is 0 Å². The van der Waals surface area contributed by atoms with Crippen molar-refractivity contribution in [1.29, 1.82) is 0 Å². The Morgan fingerprint density at radius 3 is 2.78 bits per heavy atom. The van der Waals surface area contributed by atoms with Crippen LogP contribution in [0.1, 0.15) is 22.5 Å². The Labute approximate surface area is 137 Å². The van der Waals surface area contributed by atoms with Gasteiger partial charge in [0.15, 0.2) is 5.82 Å². The standard InChI is InChI=1S/C15H16ClN3O4/c1-9-7-13(19-23-9)17-6-5-14(20)18-12-8-10(15(21)22-2)3-4-11(12)16/h3-4,7-8H,5-6H2,1-2H3,(H,17,19)(H,18,20). The number of aromatic nitrogens is 1. The number of anilines is 2. The third-order valence-electron chi connectivity index (χ3n) is 2.95. The summed E-state index contributed by atoms with van der Waals surface area (Å²) < 4.78 is 9.54. The zero-order chi connectivity index (χ0) is 16.8. The predicted octanol–water partition coefficient (Wildman–Crippen LogP) is 2.86. The number of nitrogens with zero attached hydrogens (tertiary/aromatic N) is 1. The predicted molar refractivity (Wildman–Crippen MR) is 85.8 cm³/mol. The number of rotatable bonds is 6. The fraction of sp³-hybridized carbons (Fsp3) is 0.267. The summed E-state index contributed by atoms with van der Waals surface area (Å²) in [7, 11) is 1.28. The SMILES string of the molecule is COC(=O)c1ccc(Cl)c(NC(=O)CCNc2cc(C)on2)c1. The van der Waals surface area contributed by atoms with Crippen LogP contribution in [0.4, 0.5) is 11.5 Å². The highest BCUT2D eigenvalue weighted by atomic mass is 35.5. The molecule has 0 fully saturated rings. The van der Waals surface area contributed by atoms with Gasteiger partial charge in [0.05, 0.1) is 23.4 Å². The number of ether oxygens (including phenoxy) is 1. The number of amides is 1. The molecule has 0 radical (unpaired) electrons. The van der Waals surface area contributed by atoms with Gasteiger partial charge in [-0.2, -0.15) is 0 Å². The molecule has 0 unspecified atom stereocenters. The summed E-state index contributed by atoms with van der Waals surface area (Å²) in [6, 6.07) is 6.26. The van der Waals surface area contributed by atoms with E-state index in [1.54, 1.807) is 13.0 Å². The number of aryl methyl sites for hydroxylation is 1. The molecular weight excluding hydrogens is 322 g/mol. The summed E-state index contributed by atoms with van der Waals surface area (Å²) in [6.45, 7) is 2.16. The number of esters is 1. The summed E-state index contributed by atoms with van der Waals surface area (Å²) in [6.07, 6.45) is 0.199. The van der Waals surface area contributed by atoms with Crippen molar-refractivity contribution in [3.8, 4) is 0 Å². The van der Waals surface area contributed by atoms with Crippen molar-refractivity contribution < 1.29 is 18.8 Å². The third kappa shape index (κ3) is 4.72. The Hall–Kier alpha value is -2.54. The van der Waals surface area contributed by atoms with Crippen molar-refractivity contribution in [2.24, 2.45) is 0 Å². The highest BCUT2D eigenvalue weighted by Crippen LogP contribution is 2.23. The van der Waals surface area contributed by atoms with E-state index in [0.29, 0.717) is 34.4 Å². The summed E-state index contributed by atoms with van der Waals surface area (Å²) in [4.78, 5) is 23.4. The van der Waals surface area contributed by atoms with Gasteiger partial charge in [-0.3, -0.25) is 4.79 Å². The first kappa shape index (κ1) is 16.8. The topological polar surface area (TPSA) is 93.5 Å². The Morgan fingerprint density at radius 1 is 1.35 bits per heavy atom. The smallest absolute Gasteiger partial charge is 0.337 e. The van der Waals surface area contributed by atoms with Gasteiger partial charge in [-0.1, -0.05) is 16.8 Å². The van der Waals surface area contributed by atoms with E-state index in [2.05, 4.69) is 20.5 Å². The van der Waals surface area contributed by atoms with E-state index < -0.39 is 5.97 Å². The number of hydrogen-bond donors (Lipinski definition) is 2. The maximum Gasteiger partial charge on any atom is 0.337 e. The van der Waals surface area contributed by atoms with Crippen molar-refractivity contribution in [3.05, 3.63) is 40.6 Å². The minimum absolute atomic E-state index is 0.199. The molecule has 23 heavy (non-hydrogen) atoms. The molecule has 0 aliphatic carbocycles. The van der Waals surface area contributed by atoms with Crippen LogP contribution in [-0.4, -0.2) is 30.7 Å². The van der Waals surface area contributed by atoms with Gasteiger partial charge in [0.2, 0.25) is 5.91 Å². The second-order valence-corrected chi connectivity index (χ2v) is 5.14. The van der Waals surface area contributed by atoms with E-state index in [0.717, 1.165) is 0 Å². The van der Waals surface area contributed by atoms with Crippen LogP contribution in [0.2, 0.25) is 5.02 Å². The van der Waals surface area contributed by atoms with E-state index in [-0.39, 0.29) is 12.3 Å². The number of carbonyl (C=O) groups is 2. The molecule has 0 saturated carbocycles. The molecule has 0 spiro atoms. The van der Waals surface area contributed by atoms with E-state index >= 15 is 0 Å². The third-order valence-corrected chi connectivity index (χ3v) is 3.28. The Bertz CT molecular complexity index is 714. The minimum Gasteiger partial charge on any atom is -0.465 e. The highest BCUT2D eigenvalue weighted by Gasteiger charge is 2.11. The van der Waals surface area contributed by atoms with Crippen LogP contribution in [-0.2, 0) is 9.53 Å². The number of carbonyl (C=O) groups excluding carboxylic acids is 2. The molecule has 2 N–H and O–H groups in total. The van der Waals surface area contributed by atoms with Crippen LogP contribution < -0.4 is 10.6 Å². The minimum atomic E-state index is -0.500. The monoisotopic (exact) mass is 337 g/mol. The van der Waals surface area contributed by atoms with E-state index in [9.17, 15) is 9.59 Å². The molecule has 0 aliphatic heterocycles. The number of methoxy groups -OCH3 is 1. The molecule has 0 atom stereocenters. The summed E-state index contributed by atoms with van der Waals surface area (Å²) in [5.74, 6) is 0.506. The second-order valence-electron chi connectivity index (χ2n) is 4.73. The van der Waals surface area contributed by atoms with Crippen molar-refractivity contribution >= 4 is 35.0 Å². The van der Waals surface area contributed by atoms with Crippen LogP contribution in [0.25, 0.3) is 0 Å². The van der Waals surface area contributed by atoms with Gasteiger partial charge < -0.3 is 19.9 Å². The maximum atomic E-state index is 11.9. The zero-order valence-corrected chi connectivity index (χ0v) is 13.4. The number of halogens is 1. The lowest BCUT2D eigenvalue weighted by atomic mass is 10.2. The van der Waals surface area contributed by atoms with E-state index in [1.807, 2.05) is 0 Å². The van der Waals surface area contributed by atoms with Gasteiger partial charge in [-0.15, -0.1) is 0 Å². The van der Waals surface area contributed by atoms with Crippen molar-refractivity contribution in [2.75, 3.05) is 24.3 Å². The van der Waals surface area contributed by atoms with Crippen LogP contribution >= 0.6 is 11.6 Å². The lowest BCUT2D eigenvalue weighted by molar-refractivity contribution is -0.115. The first-order valence-corrected chi connectivity index (χ1v) is 7.22. The fourth-order valence-electron chi connectivity index (χ4n) is 1.83. The molecule has 0 aliphatic rings. The molecule has 1 aromatic heterocycles. The lowest BCUT2D eigenvalue weighted by Crippen LogP contribution is -2.17. The largest absolute Gasteiger partial charge is 0.465 e. The number of nitrogens with one attached hydrogen (secondary N) is 2. The molecule has 1 aromatic carbocycles. The quantitative estimate of drug-likeness (QED) is 0.787. The Balaban J connectivity index is 1.90. The molecular formula is C15H16ClN3O4. The van der Waals surface area contributed by atoms with Gasteiger partial charge in [0, 0.05) is 19.0 Å². The molecule has 1 heterocycles. The van der Waals surface area contributed by atoms with E-state index in [4.69, 9.17) is 16.1 Å². The molecule has 2 rings (SSSR count). The molecule has 122 valence electrons. The maximum absolute atomic E-state index is 11.9. The van der Waals surface area contributed by atoms with Crippen molar-refractivity contribution in [2.45, 2.75) is 13.3 Å². The average molecular weight is 338 g/mol. The van der Waals surface area contributed by atoms with Crippen LogP contribution in [0, 0.1) is 6.92 Å². The lowest BCUT2D eigenvalue weighted by Gasteiger charge is -2.09. The Kier molecular flexibility index (Phi) is 5.59. The van der Waals surface area contributed by atoms with E-state index in [1.165, 1.54) is 25.3 Å². The first-order chi connectivity index (χ1) is 11.0. The number of benzene rings is 1. The van der Waals surface area contributed by atoms with Gasteiger partial charge in [-0.25, -0.2) is 4.79 Å². The summed E-state index contributed by atoms with van der Waals surface area (Å²) >= 11 is 6.02. The van der Waals surface area contributed by atoms with Gasteiger partial charge in [-0.05, 0) is 25.1 Å². The van der Waals surface area contributed by atoms with Gasteiger partial charge in [0.25, 0.3) is 0 Å². The highest BCUT2D eigenvalue weighted by molar-refractivity contribution is 6.33. The fourth-order valence-corrected chi connectivity index (χ4v) is 2.00. The molecule has 8 heteroatoms. The normalized spacial score (nSPS) is 10.2. The molecule has 7 nitrogen and oxygen atoms in total. The van der Waals surface area contributed by atoms with Gasteiger partial charge in [0.1, 0.15) is 5.76 Å². The summed E-state index contributed by atoms with van der Waals surface area (Å²) in [5, 5.41) is 9.72.